The third-order valence-electron chi connectivity index (χ3n) is 2.37. The minimum Gasteiger partial charge on any atom is -0.334 e. The van der Waals surface area contributed by atoms with Crippen LogP contribution < -0.4 is 0 Å². The molecule has 1 fully saturated rings. The zero-order chi connectivity index (χ0) is 9.84. The summed E-state index contributed by atoms with van der Waals surface area (Å²) < 4.78 is 13.4. The van der Waals surface area contributed by atoms with Gasteiger partial charge in [-0.2, -0.15) is 0 Å². The molecule has 0 bridgehead atoms. The van der Waals surface area contributed by atoms with Gasteiger partial charge in [0.25, 0.3) is 0 Å². The van der Waals surface area contributed by atoms with E-state index in [0.717, 1.165) is 12.8 Å². The van der Waals surface area contributed by atoms with Crippen LogP contribution in [0.1, 0.15) is 33.1 Å². The highest BCUT2D eigenvalue weighted by Crippen LogP contribution is 2.24. The molecule has 13 heavy (non-hydrogen) atoms. The second-order valence-electron chi connectivity index (χ2n) is 3.37. The van der Waals surface area contributed by atoms with Crippen LogP contribution in [0.3, 0.4) is 0 Å². The standard InChI is InChI=1S/C10H16FNO/c1-3-5-9(11)10-6-4-7-12(10)8(2)13/h5,10H,3-4,6-7H2,1-2H3/b9-5-/t10-/m0/s1. The van der Waals surface area contributed by atoms with Gasteiger partial charge in [0.2, 0.25) is 5.91 Å². The second kappa shape index (κ2) is 4.40. The van der Waals surface area contributed by atoms with E-state index < -0.39 is 0 Å². The van der Waals surface area contributed by atoms with Gasteiger partial charge in [-0.1, -0.05) is 13.0 Å². The Morgan fingerprint density at radius 1 is 1.69 bits per heavy atom. The zero-order valence-corrected chi connectivity index (χ0v) is 8.22. The van der Waals surface area contributed by atoms with Gasteiger partial charge in [-0.3, -0.25) is 4.79 Å². The summed E-state index contributed by atoms with van der Waals surface area (Å²) in [5.41, 5.74) is 0. The lowest BCUT2D eigenvalue weighted by atomic mass is 10.2. The number of nitrogens with zero attached hydrogens (tertiary/aromatic N) is 1. The summed E-state index contributed by atoms with van der Waals surface area (Å²) in [5.74, 6) is -0.169. The minimum absolute atomic E-state index is 0.0258. The predicted octanol–water partition coefficient (Wildman–Crippen LogP) is 2.26. The first-order chi connectivity index (χ1) is 6.16. The Hall–Kier alpha value is -0.860. The Kier molecular flexibility index (Phi) is 3.46. The van der Waals surface area contributed by atoms with Crippen LogP contribution in [0.4, 0.5) is 4.39 Å². The number of amides is 1. The Morgan fingerprint density at radius 3 is 2.92 bits per heavy atom. The SMILES string of the molecule is CC/C=C(\F)[C@@H]1CCCN1C(C)=O. The van der Waals surface area contributed by atoms with Gasteiger partial charge in [0.1, 0.15) is 5.83 Å². The molecule has 1 amide bonds. The first-order valence-corrected chi connectivity index (χ1v) is 4.79. The summed E-state index contributed by atoms with van der Waals surface area (Å²) in [6.07, 6.45) is 3.93. The average Bonchev–Trinajstić information content (AvgIpc) is 2.52. The van der Waals surface area contributed by atoms with Crippen molar-refractivity contribution in [3.8, 4) is 0 Å². The molecule has 1 rings (SSSR count). The number of hydrogen-bond acceptors (Lipinski definition) is 1. The van der Waals surface area contributed by atoms with Crippen molar-refractivity contribution < 1.29 is 9.18 Å². The maximum Gasteiger partial charge on any atom is 0.220 e. The summed E-state index contributed by atoms with van der Waals surface area (Å²) in [4.78, 5) is 12.7. The molecule has 1 aliphatic rings. The van der Waals surface area contributed by atoms with Crippen molar-refractivity contribution in [2.75, 3.05) is 6.54 Å². The first kappa shape index (κ1) is 10.2. The van der Waals surface area contributed by atoms with Crippen molar-refractivity contribution >= 4 is 5.91 Å². The van der Waals surface area contributed by atoms with Crippen molar-refractivity contribution in [1.82, 2.24) is 4.90 Å². The molecule has 0 N–H and O–H groups in total. The van der Waals surface area contributed by atoms with E-state index >= 15 is 0 Å². The van der Waals surface area contributed by atoms with Gasteiger partial charge in [-0.05, 0) is 19.3 Å². The number of hydrogen-bond donors (Lipinski definition) is 0. The van der Waals surface area contributed by atoms with E-state index in [1.807, 2.05) is 6.92 Å². The molecule has 0 aromatic carbocycles. The molecule has 0 unspecified atom stereocenters. The van der Waals surface area contributed by atoms with Gasteiger partial charge in [-0.25, -0.2) is 4.39 Å². The van der Waals surface area contributed by atoms with E-state index in [1.165, 1.54) is 6.92 Å². The van der Waals surface area contributed by atoms with Crippen LogP contribution in [-0.2, 0) is 4.79 Å². The first-order valence-electron chi connectivity index (χ1n) is 4.79. The van der Waals surface area contributed by atoms with Gasteiger partial charge in [-0.15, -0.1) is 0 Å². The van der Waals surface area contributed by atoms with Crippen molar-refractivity contribution in [3.05, 3.63) is 11.9 Å². The topological polar surface area (TPSA) is 20.3 Å². The van der Waals surface area contributed by atoms with Crippen LogP contribution in [0.25, 0.3) is 0 Å². The molecule has 74 valence electrons. The number of carbonyl (C=O) groups is 1. The third kappa shape index (κ3) is 2.29. The van der Waals surface area contributed by atoms with Crippen molar-refractivity contribution in [1.29, 1.82) is 0 Å². The van der Waals surface area contributed by atoms with Crippen molar-refractivity contribution in [3.63, 3.8) is 0 Å². The monoisotopic (exact) mass is 185 g/mol. The van der Waals surface area contributed by atoms with E-state index in [0.29, 0.717) is 13.0 Å². The number of rotatable bonds is 2. The smallest absolute Gasteiger partial charge is 0.220 e. The lowest BCUT2D eigenvalue weighted by molar-refractivity contribution is -0.129. The largest absolute Gasteiger partial charge is 0.334 e. The van der Waals surface area contributed by atoms with E-state index in [1.54, 1.807) is 11.0 Å². The Bertz CT molecular complexity index is 225. The van der Waals surface area contributed by atoms with Gasteiger partial charge >= 0.3 is 0 Å². The maximum atomic E-state index is 13.4. The molecular weight excluding hydrogens is 169 g/mol. The molecule has 1 atom stereocenters. The third-order valence-corrected chi connectivity index (χ3v) is 2.37. The van der Waals surface area contributed by atoms with Gasteiger partial charge in [0.15, 0.2) is 0 Å². The molecule has 1 heterocycles. The summed E-state index contributed by atoms with van der Waals surface area (Å²) in [5, 5.41) is 0. The summed E-state index contributed by atoms with van der Waals surface area (Å²) >= 11 is 0. The fourth-order valence-corrected chi connectivity index (χ4v) is 1.76. The van der Waals surface area contributed by atoms with E-state index in [4.69, 9.17) is 0 Å². The number of carbonyl (C=O) groups excluding carboxylic acids is 1. The Labute approximate surface area is 78.4 Å². The average molecular weight is 185 g/mol. The van der Waals surface area contributed by atoms with Crippen LogP contribution in [0.15, 0.2) is 11.9 Å². The molecule has 2 nitrogen and oxygen atoms in total. The van der Waals surface area contributed by atoms with Crippen LogP contribution in [0, 0.1) is 0 Å². The van der Waals surface area contributed by atoms with Crippen molar-refractivity contribution in [2.24, 2.45) is 0 Å². The highest BCUT2D eigenvalue weighted by atomic mass is 19.1. The van der Waals surface area contributed by atoms with Crippen LogP contribution in [0.5, 0.6) is 0 Å². The number of allylic oxidation sites excluding steroid dienone is 1. The molecule has 1 aliphatic heterocycles. The maximum absolute atomic E-state index is 13.4. The Morgan fingerprint density at radius 2 is 2.38 bits per heavy atom. The second-order valence-corrected chi connectivity index (χ2v) is 3.37. The van der Waals surface area contributed by atoms with Crippen LogP contribution >= 0.6 is 0 Å². The normalized spacial score (nSPS) is 23.8. The summed E-state index contributed by atoms with van der Waals surface area (Å²) in [6.45, 7) is 4.09. The van der Waals surface area contributed by atoms with E-state index in [9.17, 15) is 9.18 Å². The number of likely N-dealkylation sites (tertiary alicyclic amines) is 1. The molecule has 0 aromatic rings. The lowest BCUT2D eigenvalue weighted by Gasteiger charge is -2.21. The highest BCUT2D eigenvalue weighted by molar-refractivity contribution is 5.74. The molecule has 0 saturated carbocycles. The minimum atomic E-state index is -0.280. The van der Waals surface area contributed by atoms with E-state index in [-0.39, 0.29) is 17.8 Å². The van der Waals surface area contributed by atoms with Gasteiger partial charge in [0, 0.05) is 13.5 Å². The molecule has 1 saturated heterocycles. The van der Waals surface area contributed by atoms with Gasteiger partial charge in [0.05, 0.1) is 6.04 Å². The fraction of sp³-hybridized carbons (Fsp3) is 0.700. The zero-order valence-electron chi connectivity index (χ0n) is 8.22. The number of halogens is 1. The van der Waals surface area contributed by atoms with Gasteiger partial charge < -0.3 is 4.90 Å². The van der Waals surface area contributed by atoms with Crippen LogP contribution in [-0.4, -0.2) is 23.4 Å². The predicted molar refractivity (Wildman–Crippen MR) is 49.9 cm³/mol. The van der Waals surface area contributed by atoms with Crippen molar-refractivity contribution in [2.45, 2.75) is 39.2 Å². The molecule has 0 spiro atoms. The highest BCUT2D eigenvalue weighted by Gasteiger charge is 2.29. The molecule has 3 heteroatoms. The quantitative estimate of drug-likeness (QED) is 0.646. The molecular formula is C10H16FNO. The lowest BCUT2D eigenvalue weighted by Crippen LogP contribution is -2.34. The Balaban J connectivity index is 2.68. The van der Waals surface area contributed by atoms with E-state index in [2.05, 4.69) is 0 Å². The summed E-state index contributed by atoms with van der Waals surface area (Å²) in [6, 6.07) is -0.280. The molecule has 0 radical (unpaired) electrons. The fourth-order valence-electron chi connectivity index (χ4n) is 1.76. The summed E-state index contributed by atoms with van der Waals surface area (Å²) in [7, 11) is 0. The molecule has 0 aromatic heterocycles. The van der Waals surface area contributed by atoms with Crippen LogP contribution in [0.2, 0.25) is 0 Å². The molecule has 0 aliphatic carbocycles.